The number of halogens is 2. The van der Waals surface area contributed by atoms with E-state index in [1.54, 1.807) is 12.3 Å². The number of nitrogens with zero attached hydrogens (tertiary/aromatic N) is 3. The molecule has 1 aromatic carbocycles. The van der Waals surface area contributed by atoms with Crippen molar-refractivity contribution in [2.24, 2.45) is 0 Å². The Morgan fingerprint density at radius 1 is 1.47 bits per heavy atom. The molecule has 0 aliphatic carbocycles. The number of alkyl halides is 1. The highest BCUT2D eigenvalue weighted by Crippen LogP contribution is 2.19. The Bertz CT molecular complexity index is 570. The fraction of sp³-hybridized carbons (Fsp3) is 0.100. The van der Waals surface area contributed by atoms with Crippen LogP contribution in [-0.2, 0) is 5.88 Å². The Labute approximate surface area is 101 Å². The highest BCUT2D eigenvalue weighted by Gasteiger charge is 2.12. The van der Waals surface area contributed by atoms with Crippen LogP contribution in [0.2, 0.25) is 0 Å². The van der Waals surface area contributed by atoms with Crippen LogP contribution < -0.4 is 0 Å². The summed E-state index contributed by atoms with van der Waals surface area (Å²) in [6.45, 7) is 0. The summed E-state index contributed by atoms with van der Waals surface area (Å²) in [5.74, 6) is -0.481. The fourth-order valence-electron chi connectivity index (χ4n) is 1.36. The number of rotatable bonds is 3. The van der Waals surface area contributed by atoms with E-state index in [2.05, 4.69) is 5.10 Å². The molecule has 0 spiro atoms. The zero-order chi connectivity index (χ0) is 12.4. The number of hydrogen-bond acceptors (Lipinski definition) is 3. The quantitative estimate of drug-likeness (QED) is 0.481. The summed E-state index contributed by atoms with van der Waals surface area (Å²) in [5.41, 5.74) is 0.451. The van der Waals surface area contributed by atoms with Crippen LogP contribution in [0.25, 0.3) is 5.69 Å². The summed E-state index contributed by atoms with van der Waals surface area (Å²) in [5, 5.41) is 14.5. The van der Waals surface area contributed by atoms with Gasteiger partial charge in [0, 0.05) is 12.3 Å². The lowest BCUT2D eigenvalue weighted by molar-refractivity contribution is -0.385. The molecule has 2 rings (SSSR count). The standard InChI is InChI=1S/C10H7ClFN3O2/c11-6-7-3-4-14(13-7)10-2-1-8(15(16)17)5-9(10)12/h1-5H,6H2. The molecule has 0 aliphatic heterocycles. The molecule has 0 atom stereocenters. The van der Waals surface area contributed by atoms with Crippen molar-refractivity contribution in [3.63, 3.8) is 0 Å². The van der Waals surface area contributed by atoms with Gasteiger partial charge in [0.25, 0.3) is 5.69 Å². The lowest BCUT2D eigenvalue weighted by atomic mass is 10.3. The number of non-ortho nitro benzene ring substituents is 1. The Balaban J connectivity index is 2.42. The molecule has 0 radical (unpaired) electrons. The minimum Gasteiger partial charge on any atom is -0.258 e. The van der Waals surface area contributed by atoms with E-state index < -0.39 is 10.7 Å². The van der Waals surface area contributed by atoms with Gasteiger partial charge in [-0.15, -0.1) is 11.6 Å². The number of nitro benzene ring substituents is 1. The molecule has 0 N–H and O–H groups in total. The Morgan fingerprint density at radius 2 is 2.24 bits per heavy atom. The predicted octanol–water partition coefficient (Wildman–Crippen LogP) is 2.66. The molecule has 7 heteroatoms. The smallest absolute Gasteiger partial charge is 0.258 e. The van der Waals surface area contributed by atoms with Gasteiger partial charge in [0.15, 0.2) is 5.82 Å². The van der Waals surface area contributed by atoms with E-state index in [-0.39, 0.29) is 17.3 Å². The van der Waals surface area contributed by atoms with Gasteiger partial charge in [0.1, 0.15) is 5.69 Å². The molecule has 1 heterocycles. The molecule has 88 valence electrons. The molecule has 17 heavy (non-hydrogen) atoms. The number of aromatic nitrogens is 2. The average molecular weight is 256 g/mol. The van der Waals surface area contributed by atoms with Crippen molar-refractivity contribution in [2.75, 3.05) is 0 Å². The van der Waals surface area contributed by atoms with Crippen molar-refractivity contribution in [1.82, 2.24) is 9.78 Å². The predicted molar refractivity (Wildman–Crippen MR) is 59.7 cm³/mol. The van der Waals surface area contributed by atoms with Crippen LogP contribution in [0, 0.1) is 15.9 Å². The van der Waals surface area contributed by atoms with Crippen LogP contribution in [0.1, 0.15) is 5.69 Å². The van der Waals surface area contributed by atoms with Gasteiger partial charge in [0.05, 0.1) is 22.6 Å². The third-order valence-electron chi connectivity index (χ3n) is 2.17. The molecule has 0 fully saturated rings. The molecular weight excluding hydrogens is 249 g/mol. The highest BCUT2D eigenvalue weighted by molar-refractivity contribution is 6.16. The van der Waals surface area contributed by atoms with Crippen molar-refractivity contribution in [3.05, 3.63) is 52.1 Å². The molecular formula is C10H7ClFN3O2. The maximum atomic E-state index is 13.6. The third kappa shape index (κ3) is 2.26. The largest absolute Gasteiger partial charge is 0.272 e. The first-order chi connectivity index (χ1) is 8.11. The molecule has 0 saturated heterocycles. The Hall–Kier alpha value is -1.95. The zero-order valence-electron chi connectivity index (χ0n) is 8.51. The second-order valence-electron chi connectivity index (χ2n) is 3.28. The van der Waals surface area contributed by atoms with Gasteiger partial charge in [-0.2, -0.15) is 5.10 Å². The first-order valence-electron chi connectivity index (χ1n) is 4.66. The van der Waals surface area contributed by atoms with Crippen molar-refractivity contribution in [2.45, 2.75) is 5.88 Å². The van der Waals surface area contributed by atoms with Crippen LogP contribution in [-0.4, -0.2) is 14.7 Å². The van der Waals surface area contributed by atoms with Crippen LogP contribution in [0.15, 0.2) is 30.5 Å². The summed E-state index contributed by atoms with van der Waals surface area (Å²) in [4.78, 5) is 9.80. The number of hydrogen-bond donors (Lipinski definition) is 0. The van der Waals surface area contributed by atoms with Gasteiger partial charge in [-0.1, -0.05) is 0 Å². The van der Waals surface area contributed by atoms with E-state index in [0.717, 1.165) is 6.07 Å². The minimum absolute atomic E-state index is 0.145. The molecule has 0 amide bonds. The second-order valence-corrected chi connectivity index (χ2v) is 3.55. The van der Waals surface area contributed by atoms with Gasteiger partial charge in [-0.05, 0) is 12.1 Å². The average Bonchev–Trinajstić information content (AvgIpc) is 2.77. The lowest BCUT2D eigenvalue weighted by Gasteiger charge is -2.02. The zero-order valence-corrected chi connectivity index (χ0v) is 9.26. The SMILES string of the molecule is O=[N+]([O-])c1ccc(-n2ccc(CCl)n2)c(F)c1. The van der Waals surface area contributed by atoms with Crippen molar-refractivity contribution < 1.29 is 9.31 Å². The van der Waals surface area contributed by atoms with Crippen LogP contribution in [0.5, 0.6) is 0 Å². The van der Waals surface area contributed by atoms with E-state index in [1.165, 1.54) is 16.8 Å². The Morgan fingerprint density at radius 3 is 2.76 bits per heavy atom. The molecule has 0 bridgehead atoms. The summed E-state index contributed by atoms with van der Waals surface area (Å²) in [6.07, 6.45) is 1.54. The van der Waals surface area contributed by atoms with Gasteiger partial charge in [0.2, 0.25) is 0 Å². The first kappa shape index (κ1) is 11.5. The monoisotopic (exact) mass is 255 g/mol. The molecule has 2 aromatic rings. The van der Waals surface area contributed by atoms with Gasteiger partial charge < -0.3 is 0 Å². The third-order valence-corrected chi connectivity index (χ3v) is 2.44. The minimum atomic E-state index is -0.705. The second kappa shape index (κ2) is 4.50. The molecule has 0 unspecified atom stereocenters. The normalized spacial score (nSPS) is 10.5. The number of benzene rings is 1. The van der Waals surface area contributed by atoms with Crippen LogP contribution >= 0.6 is 11.6 Å². The fourth-order valence-corrected chi connectivity index (χ4v) is 1.50. The van der Waals surface area contributed by atoms with E-state index in [4.69, 9.17) is 11.6 Å². The molecule has 0 aliphatic rings. The topological polar surface area (TPSA) is 61.0 Å². The summed E-state index contributed by atoms with van der Waals surface area (Å²) in [7, 11) is 0. The molecule has 0 saturated carbocycles. The van der Waals surface area contributed by atoms with Crippen LogP contribution in [0.3, 0.4) is 0 Å². The number of nitro groups is 1. The lowest BCUT2D eigenvalue weighted by Crippen LogP contribution is -2.00. The van der Waals surface area contributed by atoms with Gasteiger partial charge in [-0.3, -0.25) is 10.1 Å². The first-order valence-corrected chi connectivity index (χ1v) is 5.20. The molecule has 1 aromatic heterocycles. The van der Waals surface area contributed by atoms with Crippen molar-refractivity contribution >= 4 is 17.3 Å². The van der Waals surface area contributed by atoms with Gasteiger partial charge in [-0.25, -0.2) is 9.07 Å². The maximum Gasteiger partial charge on any atom is 0.272 e. The molecule has 5 nitrogen and oxygen atoms in total. The summed E-state index contributed by atoms with van der Waals surface area (Å²) >= 11 is 5.58. The Kier molecular flexibility index (Phi) is 3.06. The maximum absolute atomic E-state index is 13.6. The highest BCUT2D eigenvalue weighted by atomic mass is 35.5. The van der Waals surface area contributed by atoms with E-state index in [9.17, 15) is 14.5 Å². The summed E-state index contributed by atoms with van der Waals surface area (Å²) in [6, 6.07) is 5.03. The van der Waals surface area contributed by atoms with E-state index in [0.29, 0.717) is 5.69 Å². The van der Waals surface area contributed by atoms with Crippen molar-refractivity contribution in [1.29, 1.82) is 0 Å². The van der Waals surface area contributed by atoms with Crippen LogP contribution in [0.4, 0.5) is 10.1 Å². The summed E-state index contributed by atoms with van der Waals surface area (Å²) < 4.78 is 14.9. The van der Waals surface area contributed by atoms with E-state index in [1.807, 2.05) is 0 Å². The van der Waals surface area contributed by atoms with Gasteiger partial charge >= 0.3 is 0 Å². The van der Waals surface area contributed by atoms with Crippen molar-refractivity contribution in [3.8, 4) is 5.69 Å². The van der Waals surface area contributed by atoms with E-state index >= 15 is 0 Å².